The Morgan fingerprint density at radius 1 is 1.12 bits per heavy atom. The van der Waals surface area contributed by atoms with E-state index in [1.165, 1.54) is 12.1 Å². The van der Waals surface area contributed by atoms with Gasteiger partial charge in [0.2, 0.25) is 0 Å². The molecule has 0 aliphatic heterocycles. The molecule has 1 unspecified atom stereocenters. The van der Waals surface area contributed by atoms with E-state index in [1.807, 2.05) is 0 Å². The average molecular weight is 555 g/mol. The number of nitrogens with two attached hydrogens (primary N) is 1. The molecule has 1 aromatic carbocycles. The normalized spacial score (nSPS) is 14.1. The third-order valence-electron chi connectivity index (χ3n) is 3.78. The van der Waals surface area contributed by atoms with Crippen LogP contribution in [0.3, 0.4) is 0 Å². The van der Waals surface area contributed by atoms with Gasteiger partial charge in [0.05, 0.1) is 0 Å². The zero-order valence-electron chi connectivity index (χ0n) is 16.4. The number of benzene rings is 1. The van der Waals surface area contributed by atoms with E-state index in [0.29, 0.717) is 4.35 Å². The van der Waals surface area contributed by atoms with Gasteiger partial charge in [0.25, 0.3) is 0 Å². The number of carboxylic acid groups (broad SMARTS) is 2. The Morgan fingerprint density at radius 3 is 2.22 bits per heavy atom. The first-order chi connectivity index (χ1) is 14.8. The molecule has 0 radical (unpaired) electrons. The van der Waals surface area contributed by atoms with E-state index < -0.39 is 66.3 Å². The number of amides is 2. The number of hydrogen-bond acceptors (Lipinski definition) is 9. The molecular weight excluding hydrogens is 533 g/mol. The predicted octanol–water partition coefficient (Wildman–Crippen LogP) is -2.77. The van der Waals surface area contributed by atoms with Gasteiger partial charge in [-0.2, -0.15) is 0 Å². The Hall–Kier alpha value is -2.16. The van der Waals surface area contributed by atoms with Crippen molar-refractivity contribution < 1.29 is 46.5 Å². The van der Waals surface area contributed by atoms with Crippen LogP contribution >= 0.6 is 10.0 Å². The average Bonchev–Trinajstić information content (AvgIpc) is 2.72. The number of nitrogens with one attached hydrogen (secondary N) is 2. The molecule has 2 amide bonds. The van der Waals surface area contributed by atoms with Crippen molar-refractivity contribution in [3.8, 4) is 0 Å². The van der Waals surface area contributed by atoms with Gasteiger partial charge in [-0.3, -0.25) is 0 Å². The fraction of sp³-hybridized carbons (Fsp3) is 0.375. The molecular formula is C16H22AsN3O10S2. The Morgan fingerprint density at radius 2 is 1.72 bits per heavy atom. The summed E-state index contributed by atoms with van der Waals surface area (Å²) in [6, 6.07) is 2.33. The maximum absolute atomic E-state index is 12.3. The fourth-order valence-corrected chi connectivity index (χ4v) is 7.51. The summed E-state index contributed by atoms with van der Waals surface area (Å²) in [7, 11) is -3.46. The van der Waals surface area contributed by atoms with Gasteiger partial charge in [-0.05, 0) is 0 Å². The second kappa shape index (κ2) is 12.8. The number of carboxylic acids is 2. The van der Waals surface area contributed by atoms with E-state index in [4.69, 9.17) is 20.5 Å². The van der Waals surface area contributed by atoms with Gasteiger partial charge in [-0.25, -0.2) is 0 Å². The van der Waals surface area contributed by atoms with Crippen LogP contribution < -0.4 is 20.7 Å². The van der Waals surface area contributed by atoms with Gasteiger partial charge in [-0.15, -0.1) is 0 Å². The van der Waals surface area contributed by atoms with Crippen molar-refractivity contribution >= 4 is 62.1 Å². The molecule has 0 aliphatic rings. The van der Waals surface area contributed by atoms with Crippen LogP contribution in [0.25, 0.3) is 0 Å². The first-order valence-electron chi connectivity index (χ1n) is 8.78. The molecule has 0 aromatic heterocycles. The van der Waals surface area contributed by atoms with Gasteiger partial charge < -0.3 is 0 Å². The third-order valence-corrected chi connectivity index (χ3v) is 10.5. The number of hydrogen-bond donors (Lipinski definition) is 7. The summed E-state index contributed by atoms with van der Waals surface area (Å²) in [5, 5.41) is 21.9. The summed E-state index contributed by atoms with van der Waals surface area (Å²) in [6.45, 7) is -0.697. The van der Waals surface area contributed by atoms with Crippen LogP contribution in [0.4, 0.5) is 0 Å². The molecule has 0 saturated heterocycles. The first-order valence-corrected chi connectivity index (χ1v) is 15.2. The Labute approximate surface area is 191 Å². The van der Waals surface area contributed by atoms with E-state index in [2.05, 4.69) is 10.6 Å². The number of carbonyl (C=O) groups is 4. The van der Waals surface area contributed by atoms with Crippen LogP contribution in [0.1, 0.15) is 12.8 Å². The zero-order valence-corrected chi connectivity index (χ0v) is 19.9. The summed E-state index contributed by atoms with van der Waals surface area (Å²) in [4.78, 5) is 45.4. The third kappa shape index (κ3) is 9.97. The van der Waals surface area contributed by atoms with E-state index in [9.17, 15) is 31.7 Å². The molecule has 0 saturated carbocycles. The quantitative estimate of drug-likeness (QED) is 0.0968. The first kappa shape index (κ1) is 27.9. The van der Waals surface area contributed by atoms with Crippen molar-refractivity contribution in [2.75, 3.05) is 12.3 Å². The van der Waals surface area contributed by atoms with E-state index in [1.54, 1.807) is 0 Å². The molecule has 0 heterocycles. The monoisotopic (exact) mass is 555 g/mol. The topological polar surface area (TPSA) is 233 Å². The zero-order chi connectivity index (χ0) is 24.5. The second-order valence-corrected chi connectivity index (χ2v) is 13.9. The molecule has 0 aliphatic carbocycles. The Kier molecular flexibility index (Phi) is 11.1. The molecule has 3 atom stereocenters. The van der Waals surface area contributed by atoms with Crippen LogP contribution in [-0.4, -0.2) is 89.2 Å². The molecule has 8 N–H and O–H groups in total. The Balaban J connectivity index is 2.79. The van der Waals surface area contributed by atoms with E-state index >= 15 is 0 Å². The molecule has 1 aromatic rings. The molecule has 0 spiro atoms. The fourth-order valence-electron chi connectivity index (χ4n) is 2.11. The van der Waals surface area contributed by atoms with Crippen LogP contribution in [-0.2, 0) is 29.3 Å². The summed E-state index contributed by atoms with van der Waals surface area (Å²) in [6.07, 6.45) is -0.478. The van der Waals surface area contributed by atoms with Crippen molar-refractivity contribution in [2.24, 2.45) is 5.73 Å². The predicted molar refractivity (Wildman–Crippen MR) is 114 cm³/mol. The van der Waals surface area contributed by atoms with Gasteiger partial charge in [0.1, 0.15) is 0 Å². The molecule has 1 rings (SSSR count). The van der Waals surface area contributed by atoms with Crippen molar-refractivity contribution in [2.45, 2.75) is 29.8 Å². The van der Waals surface area contributed by atoms with Crippen molar-refractivity contribution in [1.29, 1.82) is 0 Å². The van der Waals surface area contributed by atoms with Crippen LogP contribution in [0, 0.1) is 0 Å². The van der Waals surface area contributed by atoms with Gasteiger partial charge in [0.15, 0.2) is 0 Å². The van der Waals surface area contributed by atoms with Crippen LogP contribution in [0.2, 0.25) is 0 Å². The van der Waals surface area contributed by atoms with Crippen LogP contribution in [0.15, 0.2) is 29.2 Å². The van der Waals surface area contributed by atoms with E-state index in [-0.39, 0.29) is 23.5 Å². The second-order valence-electron chi connectivity index (χ2n) is 6.25. The maximum atomic E-state index is 12.3. The van der Waals surface area contributed by atoms with Crippen molar-refractivity contribution in [3.05, 3.63) is 24.3 Å². The van der Waals surface area contributed by atoms with Crippen molar-refractivity contribution in [3.63, 3.8) is 0 Å². The van der Waals surface area contributed by atoms with Crippen molar-refractivity contribution in [1.82, 2.24) is 10.6 Å². The summed E-state index contributed by atoms with van der Waals surface area (Å²) >= 11 is -2.84. The standard InChI is InChI=1S/C16H22AsN3O10S2/c18-11(16(25)26)5-6-13(21)20-12(15(24)19-7-14(22)23)8-31-17(27)9-1-3-10(4-2-9)32(28,29)30/h1-4,11-12,27H,5-8,18H2,(H,19,24)(H,20,21)(H,22,23)(H,25,26)(H,28,29,30)/t11-,12-,17?/m0/s1. The number of aliphatic carboxylic acids is 2. The van der Waals surface area contributed by atoms with E-state index in [0.717, 1.165) is 22.2 Å². The number of rotatable bonds is 13. The Bertz CT molecular complexity index is 942. The van der Waals surface area contributed by atoms with Crippen LogP contribution in [0.5, 0.6) is 0 Å². The molecule has 32 heavy (non-hydrogen) atoms. The van der Waals surface area contributed by atoms with Gasteiger partial charge in [-0.1, -0.05) is 0 Å². The summed E-state index contributed by atoms with van der Waals surface area (Å²) < 4.78 is 41.9. The SMILES string of the molecule is N[C@@H](CCC(=O)N[C@@H](CS[As](O)c1ccc(S(=O)(=O)O)cc1)C(=O)NCC(=O)O)C(=O)O. The molecule has 0 fully saturated rings. The molecule has 16 heteroatoms. The van der Waals surface area contributed by atoms with Gasteiger partial charge in [0, 0.05) is 0 Å². The summed E-state index contributed by atoms with van der Waals surface area (Å²) in [5.74, 6) is -4.25. The minimum absolute atomic E-state index is 0.140. The number of carbonyl (C=O) groups excluding carboxylic acids is 2. The molecule has 0 bridgehead atoms. The summed E-state index contributed by atoms with van der Waals surface area (Å²) in [5.41, 5.74) is 5.33. The minimum atomic E-state index is -4.39. The molecule has 13 nitrogen and oxygen atoms in total. The van der Waals surface area contributed by atoms with Gasteiger partial charge >= 0.3 is 191 Å². The molecule has 178 valence electrons.